The third-order valence-corrected chi connectivity index (χ3v) is 4.19. The first kappa shape index (κ1) is 15.7. The van der Waals surface area contributed by atoms with Crippen LogP contribution in [-0.2, 0) is 6.42 Å². The maximum Gasteiger partial charge on any atom is 0.294 e. The number of aromatic nitrogens is 1. The fourth-order valence-electron chi connectivity index (χ4n) is 2.14. The SMILES string of the molecule is CC(C)N(CCc1nccs1)c1ccc(Cl)cc1[N+](=O)[O-]. The molecular weight excluding hydrogens is 310 g/mol. The van der Waals surface area contributed by atoms with Crippen LogP contribution < -0.4 is 4.90 Å². The van der Waals surface area contributed by atoms with E-state index in [4.69, 9.17) is 11.6 Å². The Morgan fingerprint density at radius 1 is 1.48 bits per heavy atom. The number of benzene rings is 1. The van der Waals surface area contributed by atoms with Gasteiger partial charge in [0.15, 0.2) is 0 Å². The fraction of sp³-hybridized carbons (Fsp3) is 0.357. The van der Waals surface area contributed by atoms with Gasteiger partial charge in [-0.05, 0) is 26.0 Å². The molecule has 1 aromatic carbocycles. The lowest BCUT2D eigenvalue weighted by atomic mass is 10.2. The zero-order chi connectivity index (χ0) is 15.4. The maximum absolute atomic E-state index is 11.2. The van der Waals surface area contributed by atoms with Gasteiger partial charge in [-0.25, -0.2) is 4.98 Å². The lowest BCUT2D eigenvalue weighted by Gasteiger charge is -2.28. The quantitative estimate of drug-likeness (QED) is 0.591. The van der Waals surface area contributed by atoms with Gasteiger partial charge in [0.05, 0.1) is 9.93 Å². The largest absolute Gasteiger partial charge is 0.363 e. The second-order valence-electron chi connectivity index (χ2n) is 4.85. The number of nitro benzene ring substituents is 1. The van der Waals surface area contributed by atoms with Gasteiger partial charge in [-0.15, -0.1) is 11.3 Å². The normalized spacial score (nSPS) is 10.9. The Balaban J connectivity index is 2.27. The highest BCUT2D eigenvalue weighted by Gasteiger charge is 2.22. The second kappa shape index (κ2) is 6.87. The molecule has 7 heteroatoms. The van der Waals surface area contributed by atoms with E-state index in [-0.39, 0.29) is 16.7 Å². The third-order valence-electron chi connectivity index (χ3n) is 3.12. The van der Waals surface area contributed by atoms with Crippen molar-refractivity contribution in [1.82, 2.24) is 4.98 Å². The zero-order valence-corrected chi connectivity index (χ0v) is 13.4. The summed E-state index contributed by atoms with van der Waals surface area (Å²) in [5.74, 6) is 0. The molecule has 0 bridgehead atoms. The molecule has 0 N–H and O–H groups in total. The summed E-state index contributed by atoms with van der Waals surface area (Å²) in [4.78, 5) is 17.1. The number of hydrogen-bond donors (Lipinski definition) is 0. The summed E-state index contributed by atoms with van der Waals surface area (Å²) in [6.45, 7) is 4.70. The Kier molecular flexibility index (Phi) is 5.14. The van der Waals surface area contributed by atoms with Crippen LogP contribution in [0.2, 0.25) is 5.02 Å². The van der Waals surface area contributed by atoms with Gasteiger partial charge in [-0.1, -0.05) is 11.6 Å². The minimum atomic E-state index is -0.389. The van der Waals surface area contributed by atoms with E-state index >= 15 is 0 Å². The lowest BCUT2D eigenvalue weighted by molar-refractivity contribution is -0.384. The van der Waals surface area contributed by atoms with Gasteiger partial charge in [0.1, 0.15) is 5.69 Å². The van der Waals surface area contributed by atoms with Gasteiger partial charge < -0.3 is 4.90 Å². The van der Waals surface area contributed by atoms with Crippen molar-refractivity contribution in [2.45, 2.75) is 26.3 Å². The average Bonchev–Trinajstić information content (AvgIpc) is 2.93. The molecule has 0 amide bonds. The van der Waals surface area contributed by atoms with Gasteiger partial charge in [-0.2, -0.15) is 0 Å². The molecule has 0 aliphatic rings. The first-order valence-corrected chi connectivity index (χ1v) is 7.83. The van der Waals surface area contributed by atoms with Crippen LogP contribution in [0.15, 0.2) is 29.8 Å². The van der Waals surface area contributed by atoms with Crippen LogP contribution in [0.1, 0.15) is 18.9 Å². The molecule has 0 fully saturated rings. The summed E-state index contributed by atoms with van der Waals surface area (Å²) >= 11 is 7.46. The van der Waals surface area contributed by atoms with E-state index in [9.17, 15) is 10.1 Å². The van der Waals surface area contributed by atoms with Crippen molar-refractivity contribution >= 4 is 34.3 Å². The van der Waals surface area contributed by atoms with Crippen molar-refractivity contribution in [1.29, 1.82) is 0 Å². The van der Waals surface area contributed by atoms with Crippen LogP contribution in [0, 0.1) is 10.1 Å². The van der Waals surface area contributed by atoms with Crippen LogP contribution >= 0.6 is 22.9 Å². The zero-order valence-electron chi connectivity index (χ0n) is 11.8. The van der Waals surface area contributed by atoms with E-state index in [0.29, 0.717) is 17.3 Å². The summed E-state index contributed by atoms with van der Waals surface area (Å²) in [6.07, 6.45) is 2.53. The topological polar surface area (TPSA) is 59.3 Å². The lowest BCUT2D eigenvalue weighted by Crippen LogP contribution is -2.33. The number of rotatable bonds is 6. The standard InChI is InChI=1S/C14H16ClN3O2S/c1-10(2)17(7-5-14-16-6-8-21-14)12-4-3-11(15)9-13(12)18(19)20/h3-4,6,8-10H,5,7H2,1-2H3. The Hall–Kier alpha value is -1.66. The molecule has 0 radical (unpaired) electrons. The maximum atomic E-state index is 11.2. The van der Waals surface area contributed by atoms with E-state index in [1.165, 1.54) is 6.07 Å². The highest BCUT2D eigenvalue weighted by atomic mass is 35.5. The van der Waals surface area contributed by atoms with Gasteiger partial charge in [0.2, 0.25) is 0 Å². The summed E-state index contributed by atoms with van der Waals surface area (Å²) in [6, 6.07) is 4.94. The molecule has 0 spiro atoms. The molecule has 2 aromatic rings. The molecule has 1 aromatic heterocycles. The van der Waals surface area contributed by atoms with Gasteiger partial charge in [0.25, 0.3) is 5.69 Å². The van der Waals surface area contributed by atoms with Crippen molar-refractivity contribution in [3.8, 4) is 0 Å². The number of thiazole rings is 1. The van der Waals surface area contributed by atoms with Crippen LogP contribution in [0.25, 0.3) is 0 Å². The van der Waals surface area contributed by atoms with Crippen LogP contribution in [0.5, 0.6) is 0 Å². The smallest absolute Gasteiger partial charge is 0.294 e. The number of nitrogens with zero attached hydrogens (tertiary/aromatic N) is 3. The molecule has 0 aliphatic carbocycles. The van der Waals surface area contributed by atoms with E-state index in [0.717, 1.165) is 11.4 Å². The molecule has 2 rings (SSSR count). The molecule has 0 saturated heterocycles. The number of nitro groups is 1. The van der Waals surface area contributed by atoms with Crippen LogP contribution in [-0.4, -0.2) is 22.5 Å². The van der Waals surface area contributed by atoms with Crippen LogP contribution in [0.3, 0.4) is 0 Å². The summed E-state index contributed by atoms with van der Waals surface area (Å²) in [5.41, 5.74) is 0.631. The second-order valence-corrected chi connectivity index (χ2v) is 6.27. The number of anilines is 1. The molecule has 112 valence electrons. The highest BCUT2D eigenvalue weighted by molar-refractivity contribution is 7.09. The van der Waals surface area contributed by atoms with Crippen LogP contribution in [0.4, 0.5) is 11.4 Å². The van der Waals surface area contributed by atoms with Gasteiger partial charge in [-0.3, -0.25) is 10.1 Å². The predicted molar refractivity (Wildman–Crippen MR) is 86.4 cm³/mol. The average molecular weight is 326 g/mol. The number of halogens is 1. The number of hydrogen-bond acceptors (Lipinski definition) is 5. The molecule has 1 heterocycles. The molecule has 0 atom stereocenters. The molecule has 21 heavy (non-hydrogen) atoms. The van der Waals surface area contributed by atoms with E-state index in [2.05, 4.69) is 4.98 Å². The summed E-state index contributed by atoms with van der Waals surface area (Å²) in [5, 5.41) is 14.6. The Bertz CT molecular complexity index is 617. The summed E-state index contributed by atoms with van der Waals surface area (Å²) in [7, 11) is 0. The van der Waals surface area contributed by atoms with Crippen molar-refractivity contribution in [2.24, 2.45) is 0 Å². The monoisotopic (exact) mass is 325 g/mol. The predicted octanol–water partition coefficient (Wildman–Crippen LogP) is 4.16. The Labute approximate surface area is 132 Å². The summed E-state index contributed by atoms with van der Waals surface area (Å²) < 4.78 is 0. The minimum absolute atomic E-state index is 0.0374. The van der Waals surface area contributed by atoms with Crippen molar-refractivity contribution < 1.29 is 4.92 Å². The van der Waals surface area contributed by atoms with E-state index in [1.54, 1.807) is 29.7 Å². The Morgan fingerprint density at radius 3 is 2.81 bits per heavy atom. The van der Waals surface area contributed by atoms with Gasteiger partial charge >= 0.3 is 0 Å². The van der Waals surface area contributed by atoms with E-state index < -0.39 is 0 Å². The highest BCUT2D eigenvalue weighted by Crippen LogP contribution is 2.32. The van der Waals surface area contributed by atoms with Crippen molar-refractivity contribution in [2.75, 3.05) is 11.4 Å². The van der Waals surface area contributed by atoms with Crippen molar-refractivity contribution in [3.05, 3.63) is 49.9 Å². The molecule has 0 aliphatic heterocycles. The molecule has 0 unspecified atom stereocenters. The first-order chi connectivity index (χ1) is 9.99. The molecule has 5 nitrogen and oxygen atoms in total. The Morgan fingerprint density at radius 2 is 2.24 bits per heavy atom. The fourth-order valence-corrected chi connectivity index (χ4v) is 2.91. The molecular formula is C14H16ClN3O2S. The van der Waals surface area contributed by atoms with Gasteiger partial charge in [0, 0.05) is 41.7 Å². The third kappa shape index (κ3) is 3.92. The molecule has 0 saturated carbocycles. The first-order valence-electron chi connectivity index (χ1n) is 6.58. The van der Waals surface area contributed by atoms with E-state index in [1.807, 2.05) is 24.1 Å². The minimum Gasteiger partial charge on any atom is -0.363 e. The van der Waals surface area contributed by atoms with Crippen molar-refractivity contribution in [3.63, 3.8) is 0 Å².